The van der Waals surface area contributed by atoms with Gasteiger partial charge in [-0.15, -0.1) is 11.3 Å². The Balaban J connectivity index is 1.72. The van der Waals surface area contributed by atoms with E-state index in [0.717, 1.165) is 15.2 Å². The molecule has 1 heterocycles. The second kappa shape index (κ2) is 6.27. The van der Waals surface area contributed by atoms with Crippen LogP contribution in [0.4, 0.5) is 5.69 Å². The predicted molar refractivity (Wildman–Crippen MR) is 94.1 cm³/mol. The molecule has 3 rings (SSSR count). The molecule has 1 atom stereocenters. The Kier molecular flexibility index (Phi) is 4.34. The molecule has 1 aromatic heterocycles. The van der Waals surface area contributed by atoms with Crippen LogP contribution in [0.3, 0.4) is 0 Å². The standard InChI is InChI=1S/C16H17N3O2S2/c1-11(16-19-14-4-2-3-5-15(14)22-16)10-18-23(20,21)13-8-6-12(17)7-9-13/h2-9,11,18H,10,17H2,1H3/t11-/m1/s1. The number of sulfonamides is 1. The van der Waals surface area contributed by atoms with Gasteiger partial charge in [-0.1, -0.05) is 19.1 Å². The number of nitrogens with zero attached hydrogens (tertiary/aromatic N) is 1. The lowest BCUT2D eigenvalue weighted by Crippen LogP contribution is -2.27. The topological polar surface area (TPSA) is 85.1 Å². The number of fused-ring (bicyclic) bond motifs is 1. The van der Waals surface area contributed by atoms with Crippen LogP contribution >= 0.6 is 11.3 Å². The van der Waals surface area contributed by atoms with Crippen molar-refractivity contribution in [3.05, 3.63) is 53.5 Å². The van der Waals surface area contributed by atoms with Crippen molar-refractivity contribution in [3.63, 3.8) is 0 Å². The van der Waals surface area contributed by atoms with Gasteiger partial charge in [-0.3, -0.25) is 0 Å². The van der Waals surface area contributed by atoms with Gasteiger partial charge in [0.25, 0.3) is 0 Å². The fraction of sp³-hybridized carbons (Fsp3) is 0.188. The molecule has 0 aliphatic heterocycles. The number of thiazole rings is 1. The zero-order valence-corrected chi connectivity index (χ0v) is 14.2. The maximum atomic E-state index is 12.3. The lowest BCUT2D eigenvalue weighted by atomic mass is 10.2. The van der Waals surface area contributed by atoms with Crippen molar-refractivity contribution in [2.75, 3.05) is 12.3 Å². The molecule has 0 spiro atoms. The summed E-state index contributed by atoms with van der Waals surface area (Å²) < 4.78 is 28.3. The molecule has 3 N–H and O–H groups in total. The first kappa shape index (κ1) is 15.9. The van der Waals surface area contributed by atoms with E-state index in [1.54, 1.807) is 23.5 Å². The number of benzene rings is 2. The van der Waals surface area contributed by atoms with Crippen molar-refractivity contribution in [3.8, 4) is 0 Å². The van der Waals surface area contributed by atoms with Gasteiger partial charge >= 0.3 is 0 Å². The molecule has 0 fully saturated rings. The number of anilines is 1. The van der Waals surface area contributed by atoms with Crippen LogP contribution in [0, 0.1) is 0 Å². The summed E-state index contributed by atoms with van der Waals surface area (Å²) in [7, 11) is -3.54. The number of hydrogen-bond donors (Lipinski definition) is 2. The number of para-hydroxylation sites is 1. The third-order valence-corrected chi connectivity index (χ3v) is 6.21. The van der Waals surface area contributed by atoms with Gasteiger partial charge in [0, 0.05) is 18.2 Å². The molecule has 7 heteroatoms. The van der Waals surface area contributed by atoms with E-state index in [9.17, 15) is 8.42 Å². The molecule has 0 aliphatic carbocycles. The van der Waals surface area contributed by atoms with Crippen LogP contribution in [-0.4, -0.2) is 19.9 Å². The molecule has 2 aromatic carbocycles. The highest BCUT2D eigenvalue weighted by Gasteiger charge is 2.17. The Morgan fingerprint density at radius 2 is 1.87 bits per heavy atom. The summed E-state index contributed by atoms with van der Waals surface area (Å²) in [6.45, 7) is 2.26. The third kappa shape index (κ3) is 3.52. The van der Waals surface area contributed by atoms with Crippen molar-refractivity contribution in [1.29, 1.82) is 0 Å². The Morgan fingerprint density at radius 1 is 1.17 bits per heavy atom. The molecule has 5 nitrogen and oxygen atoms in total. The molecule has 0 saturated carbocycles. The van der Waals surface area contributed by atoms with Crippen LogP contribution in [0.1, 0.15) is 17.8 Å². The Hall–Kier alpha value is -1.96. The van der Waals surface area contributed by atoms with Crippen molar-refractivity contribution >= 4 is 37.3 Å². The number of nitrogen functional groups attached to an aromatic ring is 1. The normalized spacial score (nSPS) is 13.3. The molecule has 0 saturated heterocycles. The largest absolute Gasteiger partial charge is 0.399 e. The zero-order chi connectivity index (χ0) is 16.4. The summed E-state index contributed by atoms with van der Waals surface area (Å²) in [6.07, 6.45) is 0. The highest BCUT2D eigenvalue weighted by atomic mass is 32.2. The molecule has 120 valence electrons. The van der Waals surface area contributed by atoms with E-state index in [4.69, 9.17) is 5.73 Å². The molecular formula is C16H17N3O2S2. The predicted octanol–water partition coefficient (Wildman–Crippen LogP) is 2.96. The number of hydrogen-bond acceptors (Lipinski definition) is 5. The summed E-state index contributed by atoms with van der Waals surface area (Å²) in [5.74, 6) is -0.00374. The van der Waals surface area contributed by atoms with Crippen molar-refractivity contribution in [2.24, 2.45) is 0 Å². The molecule has 0 unspecified atom stereocenters. The fourth-order valence-corrected chi connectivity index (χ4v) is 4.30. The van der Waals surface area contributed by atoms with E-state index < -0.39 is 10.0 Å². The SMILES string of the molecule is C[C@H](CNS(=O)(=O)c1ccc(N)cc1)c1nc2ccccc2s1. The van der Waals surface area contributed by atoms with Crippen molar-refractivity contribution in [2.45, 2.75) is 17.7 Å². The van der Waals surface area contributed by atoms with E-state index in [1.807, 2.05) is 31.2 Å². The van der Waals surface area contributed by atoms with Crippen LogP contribution < -0.4 is 10.5 Å². The van der Waals surface area contributed by atoms with Crippen molar-refractivity contribution in [1.82, 2.24) is 9.71 Å². The first-order valence-electron chi connectivity index (χ1n) is 7.16. The van der Waals surface area contributed by atoms with E-state index in [0.29, 0.717) is 12.2 Å². The minimum atomic E-state index is -3.54. The van der Waals surface area contributed by atoms with E-state index >= 15 is 0 Å². The van der Waals surface area contributed by atoms with Crippen LogP contribution in [0.25, 0.3) is 10.2 Å². The van der Waals surface area contributed by atoms with Gasteiger partial charge in [0.15, 0.2) is 0 Å². The smallest absolute Gasteiger partial charge is 0.240 e. The van der Waals surface area contributed by atoms with Crippen molar-refractivity contribution < 1.29 is 8.42 Å². The second-order valence-electron chi connectivity index (χ2n) is 5.34. The highest BCUT2D eigenvalue weighted by Crippen LogP contribution is 2.27. The first-order valence-corrected chi connectivity index (χ1v) is 9.46. The molecule has 3 aromatic rings. The number of nitrogens with one attached hydrogen (secondary N) is 1. The summed E-state index contributed by atoms with van der Waals surface area (Å²) >= 11 is 1.59. The van der Waals surface area contributed by atoms with Crippen LogP contribution in [0.15, 0.2) is 53.4 Å². The van der Waals surface area contributed by atoms with E-state index in [2.05, 4.69) is 9.71 Å². The average Bonchev–Trinajstić information content (AvgIpc) is 2.97. The summed E-state index contributed by atoms with van der Waals surface area (Å²) in [5, 5.41) is 0.922. The van der Waals surface area contributed by atoms with Gasteiger partial charge in [-0.05, 0) is 36.4 Å². The Labute approximate surface area is 139 Å². The van der Waals surface area contributed by atoms with Gasteiger partial charge in [-0.25, -0.2) is 18.1 Å². The minimum absolute atomic E-state index is 0.00374. The summed E-state index contributed by atoms with van der Waals surface area (Å²) in [6, 6.07) is 14.0. The monoisotopic (exact) mass is 347 g/mol. The molecule has 0 aliphatic rings. The second-order valence-corrected chi connectivity index (χ2v) is 8.17. The van der Waals surface area contributed by atoms with Gasteiger partial charge in [0.1, 0.15) is 0 Å². The maximum absolute atomic E-state index is 12.3. The first-order chi connectivity index (χ1) is 11.0. The summed E-state index contributed by atoms with van der Waals surface area (Å²) in [4.78, 5) is 4.78. The lowest BCUT2D eigenvalue weighted by molar-refractivity contribution is 0.575. The third-order valence-electron chi connectivity index (χ3n) is 3.50. The number of aromatic nitrogens is 1. The van der Waals surface area contributed by atoms with Gasteiger partial charge in [0.2, 0.25) is 10.0 Å². The number of nitrogens with two attached hydrogens (primary N) is 1. The minimum Gasteiger partial charge on any atom is -0.399 e. The van der Waals surface area contributed by atoms with Gasteiger partial charge in [-0.2, -0.15) is 0 Å². The quantitative estimate of drug-likeness (QED) is 0.695. The van der Waals surface area contributed by atoms with Crippen LogP contribution in [0.2, 0.25) is 0 Å². The molecule has 0 radical (unpaired) electrons. The van der Waals surface area contributed by atoms with Gasteiger partial charge in [0.05, 0.1) is 20.1 Å². The average molecular weight is 347 g/mol. The molecular weight excluding hydrogens is 330 g/mol. The molecule has 23 heavy (non-hydrogen) atoms. The Bertz CT molecular complexity index is 885. The molecule has 0 amide bonds. The fourth-order valence-electron chi connectivity index (χ4n) is 2.15. The number of rotatable bonds is 5. The zero-order valence-electron chi connectivity index (χ0n) is 12.6. The van der Waals surface area contributed by atoms with E-state index in [-0.39, 0.29) is 10.8 Å². The van der Waals surface area contributed by atoms with Crippen LogP contribution in [-0.2, 0) is 10.0 Å². The van der Waals surface area contributed by atoms with Gasteiger partial charge < -0.3 is 5.73 Å². The maximum Gasteiger partial charge on any atom is 0.240 e. The molecule has 0 bridgehead atoms. The highest BCUT2D eigenvalue weighted by molar-refractivity contribution is 7.89. The Morgan fingerprint density at radius 3 is 2.57 bits per heavy atom. The van der Waals surface area contributed by atoms with E-state index in [1.165, 1.54) is 12.1 Å². The summed E-state index contributed by atoms with van der Waals surface area (Å²) in [5.41, 5.74) is 7.06. The van der Waals surface area contributed by atoms with Crippen LogP contribution in [0.5, 0.6) is 0 Å². The lowest BCUT2D eigenvalue weighted by Gasteiger charge is -2.11.